The molecule has 0 aromatic carbocycles. The second-order valence-electron chi connectivity index (χ2n) is 3.59. The Bertz CT molecular complexity index is 448. The van der Waals surface area contributed by atoms with Crippen molar-refractivity contribution in [1.82, 2.24) is 4.31 Å². The molecular formula is C9H13Cl2NO2S2. The number of nitrogens with zero attached hydrogens (tertiary/aromatic N) is 1. The highest BCUT2D eigenvalue weighted by atomic mass is 35.5. The summed E-state index contributed by atoms with van der Waals surface area (Å²) in [5, 5.41) is -0.226. The summed E-state index contributed by atoms with van der Waals surface area (Å²) in [7, 11) is -1.94. The molecule has 3 nitrogen and oxygen atoms in total. The van der Waals surface area contributed by atoms with Gasteiger partial charge >= 0.3 is 0 Å². The average Bonchev–Trinajstić information content (AvgIpc) is 2.46. The van der Waals surface area contributed by atoms with Crippen LogP contribution in [0.4, 0.5) is 0 Å². The van der Waals surface area contributed by atoms with Crippen molar-refractivity contribution in [3.63, 3.8) is 0 Å². The van der Waals surface area contributed by atoms with E-state index in [1.54, 1.807) is 19.9 Å². The largest absolute Gasteiger partial charge is 0.252 e. The number of thiophene rings is 1. The summed E-state index contributed by atoms with van der Waals surface area (Å²) in [6.45, 7) is 3.81. The molecule has 0 spiro atoms. The molecule has 1 aromatic heterocycles. The van der Waals surface area contributed by atoms with E-state index in [4.69, 9.17) is 23.2 Å². The van der Waals surface area contributed by atoms with Crippen molar-refractivity contribution >= 4 is 44.6 Å². The summed E-state index contributed by atoms with van der Waals surface area (Å²) in [5.74, 6) is 0. The molecule has 1 unspecified atom stereocenters. The van der Waals surface area contributed by atoms with Gasteiger partial charge < -0.3 is 0 Å². The van der Waals surface area contributed by atoms with Crippen molar-refractivity contribution in [2.75, 3.05) is 13.6 Å². The fourth-order valence-electron chi connectivity index (χ4n) is 1.16. The molecule has 1 heterocycles. The molecule has 1 atom stereocenters. The highest BCUT2D eigenvalue weighted by Crippen LogP contribution is 2.31. The van der Waals surface area contributed by atoms with Crippen molar-refractivity contribution in [1.29, 1.82) is 0 Å². The maximum absolute atomic E-state index is 12.1. The van der Waals surface area contributed by atoms with E-state index in [2.05, 4.69) is 0 Å². The average molecular weight is 302 g/mol. The summed E-state index contributed by atoms with van der Waals surface area (Å²) < 4.78 is 26.1. The molecular weight excluding hydrogens is 289 g/mol. The topological polar surface area (TPSA) is 37.4 Å². The van der Waals surface area contributed by atoms with Gasteiger partial charge in [-0.15, -0.1) is 22.9 Å². The van der Waals surface area contributed by atoms with Crippen molar-refractivity contribution in [2.45, 2.75) is 23.4 Å². The van der Waals surface area contributed by atoms with Gasteiger partial charge in [-0.25, -0.2) is 8.42 Å². The van der Waals surface area contributed by atoms with E-state index in [9.17, 15) is 8.42 Å². The first-order chi connectivity index (χ1) is 7.25. The first-order valence-corrected chi connectivity index (χ1v) is 7.68. The monoisotopic (exact) mass is 301 g/mol. The van der Waals surface area contributed by atoms with Gasteiger partial charge in [0.1, 0.15) is 4.21 Å². The van der Waals surface area contributed by atoms with Crippen LogP contribution in [0.1, 0.15) is 12.5 Å². The molecule has 16 heavy (non-hydrogen) atoms. The molecule has 7 heteroatoms. The SMILES string of the molecule is Cc1cc(S(=O)(=O)N(C)CC(C)Cl)sc1Cl. The fraction of sp³-hybridized carbons (Fsp3) is 0.556. The number of rotatable bonds is 4. The molecule has 1 rings (SSSR count). The van der Waals surface area contributed by atoms with E-state index < -0.39 is 10.0 Å². The first kappa shape index (κ1) is 14.3. The molecule has 0 radical (unpaired) electrons. The van der Waals surface area contributed by atoms with E-state index in [1.165, 1.54) is 11.4 Å². The van der Waals surface area contributed by atoms with Crippen LogP contribution in [0.5, 0.6) is 0 Å². The van der Waals surface area contributed by atoms with Crippen LogP contribution in [-0.2, 0) is 10.0 Å². The predicted octanol–water partition coefficient (Wildman–Crippen LogP) is 2.96. The molecule has 0 N–H and O–H groups in total. The minimum absolute atomic E-state index is 0.226. The fourth-order valence-corrected chi connectivity index (χ4v) is 4.63. The summed E-state index contributed by atoms with van der Waals surface area (Å²) in [4.78, 5) is 0. The van der Waals surface area contributed by atoms with Gasteiger partial charge in [0.25, 0.3) is 10.0 Å². The lowest BCUT2D eigenvalue weighted by Gasteiger charge is -2.16. The van der Waals surface area contributed by atoms with Crippen LogP contribution >= 0.6 is 34.5 Å². The zero-order valence-electron chi connectivity index (χ0n) is 9.20. The number of hydrogen-bond acceptors (Lipinski definition) is 3. The van der Waals surface area contributed by atoms with Gasteiger partial charge in [0.15, 0.2) is 0 Å². The molecule has 0 amide bonds. The number of hydrogen-bond donors (Lipinski definition) is 0. The minimum Gasteiger partial charge on any atom is -0.206 e. The van der Waals surface area contributed by atoms with Crippen LogP contribution in [0.25, 0.3) is 0 Å². The molecule has 1 aromatic rings. The lowest BCUT2D eigenvalue weighted by molar-refractivity contribution is 0.472. The Morgan fingerprint density at radius 1 is 1.56 bits per heavy atom. The van der Waals surface area contributed by atoms with Gasteiger partial charge in [0.05, 0.1) is 4.34 Å². The molecule has 0 fully saturated rings. The smallest absolute Gasteiger partial charge is 0.206 e. The quantitative estimate of drug-likeness (QED) is 0.802. The lowest BCUT2D eigenvalue weighted by atomic mass is 10.4. The first-order valence-electron chi connectivity index (χ1n) is 4.61. The van der Waals surface area contributed by atoms with E-state index in [0.717, 1.165) is 16.9 Å². The number of aryl methyl sites for hydroxylation is 1. The van der Waals surface area contributed by atoms with Gasteiger partial charge in [0.2, 0.25) is 0 Å². The Hall–Kier alpha value is 0.190. The van der Waals surface area contributed by atoms with Gasteiger partial charge in [-0.3, -0.25) is 0 Å². The van der Waals surface area contributed by atoms with E-state index in [0.29, 0.717) is 4.34 Å². The number of halogens is 2. The summed E-state index contributed by atoms with van der Waals surface area (Å²) >= 11 is 12.7. The van der Waals surface area contributed by atoms with Crippen molar-refractivity contribution < 1.29 is 8.42 Å². The van der Waals surface area contributed by atoms with Crippen LogP contribution in [0, 0.1) is 6.92 Å². The minimum atomic E-state index is -3.45. The van der Waals surface area contributed by atoms with Gasteiger partial charge in [-0.05, 0) is 25.5 Å². The van der Waals surface area contributed by atoms with E-state index >= 15 is 0 Å². The lowest BCUT2D eigenvalue weighted by Crippen LogP contribution is -2.30. The normalized spacial score (nSPS) is 14.4. The third-order valence-electron chi connectivity index (χ3n) is 2.01. The van der Waals surface area contributed by atoms with Crippen LogP contribution in [0.3, 0.4) is 0 Å². The van der Waals surface area contributed by atoms with Crippen LogP contribution in [-0.4, -0.2) is 31.7 Å². The molecule has 0 saturated heterocycles. The highest BCUT2D eigenvalue weighted by Gasteiger charge is 2.24. The Balaban J connectivity index is 3.02. The number of sulfonamides is 1. The molecule has 0 saturated carbocycles. The van der Waals surface area contributed by atoms with E-state index in [-0.39, 0.29) is 16.1 Å². The van der Waals surface area contributed by atoms with Gasteiger partial charge in [0, 0.05) is 19.0 Å². The van der Waals surface area contributed by atoms with E-state index in [1.807, 2.05) is 0 Å². The summed E-state index contributed by atoms with van der Waals surface area (Å²) in [5.41, 5.74) is 0.776. The van der Waals surface area contributed by atoms with Crippen LogP contribution in [0.2, 0.25) is 4.34 Å². The standard InChI is InChI=1S/C9H13Cl2NO2S2/c1-6-4-8(15-9(6)11)16(13,14)12(3)5-7(2)10/h4,7H,5H2,1-3H3. The van der Waals surface area contributed by atoms with Gasteiger partial charge in [-0.2, -0.15) is 4.31 Å². The number of alkyl halides is 1. The second-order valence-corrected chi connectivity index (χ2v) is 8.26. The van der Waals surface area contributed by atoms with Crippen molar-refractivity contribution in [2.24, 2.45) is 0 Å². The van der Waals surface area contributed by atoms with Crippen LogP contribution < -0.4 is 0 Å². The predicted molar refractivity (Wildman–Crippen MR) is 69.2 cm³/mol. The Morgan fingerprint density at radius 2 is 2.12 bits per heavy atom. The Kier molecular flexibility index (Phi) is 4.66. The third-order valence-corrected chi connectivity index (χ3v) is 5.97. The molecule has 0 bridgehead atoms. The zero-order chi connectivity index (χ0) is 12.5. The summed E-state index contributed by atoms with van der Waals surface area (Å²) in [6.07, 6.45) is 0. The van der Waals surface area contributed by atoms with Crippen molar-refractivity contribution in [3.8, 4) is 0 Å². The molecule has 92 valence electrons. The maximum atomic E-state index is 12.1. The molecule has 0 aliphatic rings. The zero-order valence-corrected chi connectivity index (χ0v) is 12.3. The second kappa shape index (κ2) is 5.23. The van der Waals surface area contributed by atoms with Gasteiger partial charge in [-0.1, -0.05) is 11.6 Å². The summed E-state index contributed by atoms with van der Waals surface area (Å²) in [6, 6.07) is 1.58. The maximum Gasteiger partial charge on any atom is 0.252 e. The molecule has 0 aliphatic carbocycles. The van der Waals surface area contributed by atoms with Crippen molar-refractivity contribution in [3.05, 3.63) is 16.0 Å². The highest BCUT2D eigenvalue weighted by molar-refractivity contribution is 7.91. The Morgan fingerprint density at radius 3 is 2.50 bits per heavy atom. The van der Waals surface area contributed by atoms with Crippen LogP contribution in [0.15, 0.2) is 10.3 Å². The molecule has 0 aliphatic heterocycles. The Labute approximate surface area is 110 Å². The third kappa shape index (κ3) is 3.11.